The van der Waals surface area contributed by atoms with Gasteiger partial charge in [-0.25, -0.2) is 0 Å². The molecule has 21 heavy (non-hydrogen) atoms. The molecule has 1 heterocycles. The van der Waals surface area contributed by atoms with Crippen LogP contribution in [0, 0.1) is 0 Å². The summed E-state index contributed by atoms with van der Waals surface area (Å²) in [6.07, 6.45) is -2.92. The van der Waals surface area contributed by atoms with E-state index in [4.69, 9.17) is 0 Å². The van der Waals surface area contributed by atoms with E-state index in [1.165, 1.54) is 6.07 Å². The van der Waals surface area contributed by atoms with Gasteiger partial charge in [0.25, 0.3) is 0 Å². The van der Waals surface area contributed by atoms with Crippen LogP contribution in [0.25, 0.3) is 0 Å². The van der Waals surface area contributed by atoms with Gasteiger partial charge >= 0.3 is 6.18 Å². The molecule has 0 aliphatic carbocycles. The molecule has 0 atom stereocenters. The van der Waals surface area contributed by atoms with Crippen molar-refractivity contribution in [3.8, 4) is 0 Å². The fourth-order valence-electron chi connectivity index (χ4n) is 1.66. The Morgan fingerprint density at radius 2 is 2.00 bits per heavy atom. The third kappa shape index (κ3) is 4.29. The van der Waals surface area contributed by atoms with Crippen LogP contribution in [0.15, 0.2) is 47.1 Å². The second kappa shape index (κ2) is 6.26. The van der Waals surface area contributed by atoms with Crippen molar-refractivity contribution in [2.45, 2.75) is 12.6 Å². The fourth-order valence-corrected chi connectivity index (χ4v) is 2.00. The van der Waals surface area contributed by atoms with Gasteiger partial charge in [-0.1, -0.05) is 6.07 Å². The van der Waals surface area contributed by atoms with E-state index < -0.39 is 17.6 Å². The fraction of sp³-hybridized carbons (Fsp3) is 0.143. The van der Waals surface area contributed by atoms with E-state index in [1.54, 1.807) is 24.4 Å². The largest absolute Gasteiger partial charge is 0.416 e. The van der Waals surface area contributed by atoms with Gasteiger partial charge < -0.3 is 5.32 Å². The number of carbonyl (C=O) groups is 1. The number of hydrogen-bond donors (Lipinski definition) is 1. The highest BCUT2D eigenvalue weighted by atomic mass is 79.9. The Kier molecular flexibility index (Phi) is 4.62. The molecule has 3 nitrogen and oxygen atoms in total. The Morgan fingerprint density at radius 3 is 2.62 bits per heavy atom. The minimum Gasteiger partial charge on any atom is -0.325 e. The van der Waals surface area contributed by atoms with E-state index in [0.717, 1.165) is 12.1 Å². The van der Waals surface area contributed by atoms with E-state index in [1.807, 2.05) is 0 Å². The Hall–Kier alpha value is -1.89. The predicted octanol–water partition coefficient (Wildman–Crippen LogP) is 4.04. The summed E-state index contributed by atoms with van der Waals surface area (Å²) in [4.78, 5) is 15.8. The summed E-state index contributed by atoms with van der Waals surface area (Å²) in [6, 6.07) is 8.19. The van der Waals surface area contributed by atoms with Crippen LogP contribution >= 0.6 is 15.9 Å². The van der Waals surface area contributed by atoms with Crippen molar-refractivity contribution >= 4 is 27.5 Å². The summed E-state index contributed by atoms with van der Waals surface area (Å²) in [7, 11) is 0. The lowest BCUT2D eigenvalue weighted by molar-refractivity contribution is -0.137. The smallest absolute Gasteiger partial charge is 0.325 e. The number of alkyl halides is 3. The molecular weight excluding hydrogens is 349 g/mol. The van der Waals surface area contributed by atoms with E-state index in [-0.39, 0.29) is 12.1 Å². The molecule has 0 unspecified atom stereocenters. The van der Waals surface area contributed by atoms with Crippen LogP contribution in [-0.2, 0) is 17.4 Å². The number of carbonyl (C=O) groups excluding carboxylic acids is 1. The van der Waals surface area contributed by atoms with Gasteiger partial charge in [0.1, 0.15) is 0 Å². The molecule has 0 saturated carbocycles. The third-order valence-electron chi connectivity index (χ3n) is 2.64. The highest BCUT2D eigenvalue weighted by molar-refractivity contribution is 9.10. The molecule has 0 bridgehead atoms. The third-order valence-corrected chi connectivity index (χ3v) is 3.33. The molecular formula is C14H10BrF3N2O. The van der Waals surface area contributed by atoms with Gasteiger partial charge in [-0.2, -0.15) is 13.2 Å². The Bertz CT molecular complexity index is 644. The van der Waals surface area contributed by atoms with Crippen molar-refractivity contribution in [3.05, 3.63) is 58.3 Å². The van der Waals surface area contributed by atoms with Crippen LogP contribution in [-0.4, -0.2) is 10.9 Å². The number of benzene rings is 1. The van der Waals surface area contributed by atoms with Crippen molar-refractivity contribution < 1.29 is 18.0 Å². The van der Waals surface area contributed by atoms with Gasteiger partial charge in [-0.15, -0.1) is 0 Å². The summed E-state index contributed by atoms with van der Waals surface area (Å²) in [5.74, 6) is -0.436. The summed E-state index contributed by atoms with van der Waals surface area (Å²) < 4.78 is 38.3. The maximum atomic E-state index is 12.6. The molecule has 0 aliphatic heterocycles. The number of anilines is 1. The zero-order chi connectivity index (χ0) is 15.5. The van der Waals surface area contributed by atoms with E-state index in [0.29, 0.717) is 10.2 Å². The van der Waals surface area contributed by atoms with Gasteiger partial charge in [0.15, 0.2) is 0 Å². The zero-order valence-corrected chi connectivity index (χ0v) is 12.2. The average Bonchev–Trinajstić information content (AvgIpc) is 2.41. The molecule has 2 rings (SSSR count). The first-order valence-electron chi connectivity index (χ1n) is 5.93. The first-order valence-corrected chi connectivity index (χ1v) is 6.72. The SMILES string of the molecule is O=C(Cc1ccccn1)Nc1cc(C(F)(F)F)ccc1Br. The molecule has 110 valence electrons. The molecule has 0 spiro atoms. The van der Waals surface area contributed by atoms with Crippen LogP contribution < -0.4 is 5.32 Å². The van der Waals surface area contributed by atoms with Gasteiger partial charge in [0.05, 0.1) is 17.7 Å². The second-order valence-electron chi connectivity index (χ2n) is 4.24. The van der Waals surface area contributed by atoms with E-state index in [2.05, 4.69) is 26.2 Å². The molecule has 1 aromatic carbocycles. The maximum absolute atomic E-state index is 12.6. The number of halogens is 4. The number of pyridine rings is 1. The van der Waals surface area contributed by atoms with Crippen LogP contribution in [0.2, 0.25) is 0 Å². The summed E-state index contributed by atoms with van der Waals surface area (Å²) in [6.45, 7) is 0. The molecule has 1 N–H and O–H groups in total. The lowest BCUT2D eigenvalue weighted by Crippen LogP contribution is -2.16. The van der Waals surface area contributed by atoms with Crippen molar-refractivity contribution in [1.29, 1.82) is 0 Å². The van der Waals surface area contributed by atoms with Crippen LogP contribution in [0.4, 0.5) is 18.9 Å². The van der Waals surface area contributed by atoms with E-state index in [9.17, 15) is 18.0 Å². The second-order valence-corrected chi connectivity index (χ2v) is 5.09. The highest BCUT2D eigenvalue weighted by Gasteiger charge is 2.31. The van der Waals surface area contributed by atoms with Gasteiger partial charge in [-0.3, -0.25) is 9.78 Å². The molecule has 1 amide bonds. The molecule has 7 heteroatoms. The summed E-state index contributed by atoms with van der Waals surface area (Å²) in [5.41, 5.74) is -0.206. The lowest BCUT2D eigenvalue weighted by atomic mass is 10.2. The summed E-state index contributed by atoms with van der Waals surface area (Å²) in [5, 5.41) is 2.45. The number of aromatic nitrogens is 1. The van der Waals surface area contributed by atoms with Crippen LogP contribution in [0.1, 0.15) is 11.3 Å². The number of nitrogens with zero attached hydrogens (tertiary/aromatic N) is 1. The zero-order valence-electron chi connectivity index (χ0n) is 10.6. The van der Waals surface area contributed by atoms with Crippen molar-refractivity contribution in [2.75, 3.05) is 5.32 Å². The van der Waals surface area contributed by atoms with Crippen molar-refractivity contribution in [2.24, 2.45) is 0 Å². The summed E-state index contributed by atoms with van der Waals surface area (Å²) >= 11 is 3.11. The standard InChI is InChI=1S/C14H10BrF3N2O/c15-11-5-4-9(14(16,17)18)7-12(11)20-13(21)8-10-3-1-2-6-19-10/h1-7H,8H2,(H,20,21). The Balaban J connectivity index is 2.14. The minimum absolute atomic E-state index is 0.0104. The molecule has 0 aliphatic rings. The van der Waals surface area contributed by atoms with Crippen LogP contribution in [0.5, 0.6) is 0 Å². The Morgan fingerprint density at radius 1 is 1.24 bits per heavy atom. The maximum Gasteiger partial charge on any atom is 0.416 e. The molecule has 0 saturated heterocycles. The predicted molar refractivity (Wildman–Crippen MR) is 75.7 cm³/mol. The molecule has 2 aromatic rings. The van der Waals surface area contributed by atoms with E-state index >= 15 is 0 Å². The lowest BCUT2D eigenvalue weighted by Gasteiger charge is -2.11. The topological polar surface area (TPSA) is 42.0 Å². The average molecular weight is 359 g/mol. The highest BCUT2D eigenvalue weighted by Crippen LogP contribution is 2.33. The number of amides is 1. The van der Waals surface area contributed by atoms with Gasteiger partial charge in [-0.05, 0) is 46.3 Å². The molecule has 1 aromatic heterocycles. The van der Waals surface area contributed by atoms with Crippen LogP contribution in [0.3, 0.4) is 0 Å². The molecule has 0 fully saturated rings. The number of nitrogens with one attached hydrogen (secondary N) is 1. The quantitative estimate of drug-likeness (QED) is 0.899. The molecule has 0 radical (unpaired) electrons. The normalized spacial score (nSPS) is 11.2. The Labute approximate surface area is 127 Å². The first kappa shape index (κ1) is 15.5. The minimum atomic E-state index is -4.46. The first-order chi connectivity index (χ1) is 9.86. The van der Waals surface area contributed by atoms with Crippen molar-refractivity contribution in [3.63, 3.8) is 0 Å². The number of hydrogen-bond acceptors (Lipinski definition) is 2. The number of rotatable bonds is 3. The van der Waals surface area contributed by atoms with Gasteiger partial charge in [0.2, 0.25) is 5.91 Å². The van der Waals surface area contributed by atoms with Gasteiger partial charge in [0, 0.05) is 16.4 Å². The monoisotopic (exact) mass is 358 g/mol. The van der Waals surface area contributed by atoms with Crippen molar-refractivity contribution in [1.82, 2.24) is 4.98 Å².